The van der Waals surface area contributed by atoms with Crippen molar-refractivity contribution in [3.63, 3.8) is 0 Å². The highest BCUT2D eigenvalue weighted by atomic mass is 16.5. The van der Waals surface area contributed by atoms with Gasteiger partial charge in [0.2, 0.25) is 0 Å². The van der Waals surface area contributed by atoms with Gasteiger partial charge in [0.05, 0.1) is 19.8 Å². The quantitative estimate of drug-likeness (QED) is 0.818. The molecule has 3 rings (SSSR count). The molecule has 1 aliphatic heterocycles. The molecular weight excluding hydrogens is 360 g/mol. The lowest BCUT2D eigenvalue weighted by atomic mass is 10.1. The fourth-order valence-corrected chi connectivity index (χ4v) is 2.76. The van der Waals surface area contributed by atoms with Gasteiger partial charge >= 0.3 is 11.9 Å². The van der Waals surface area contributed by atoms with Gasteiger partial charge in [0.1, 0.15) is 17.1 Å². The van der Waals surface area contributed by atoms with Crippen LogP contribution in [0, 0.1) is 0 Å². The standard InChI is InChI=1S/C21H18N2O5/c1-27-20(25)16-6-3-4-13-23(19(16)21(26)28-2)15-10-8-14(9-11-15)18-17(24)7-5-12-22-18/h3-13,24H,1-2H3. The molecule has 7 nitrogen and oxygen atoms in total. The Morgan fingerprint density at radius 2 is 1.71 bits per heavy atom. The summed E-state index contributed by atoms with van der Waals surface area (Å²) in [6.07, 6.45) is 8.06. The Labute approximate surface area is 161 Å². The summed E-state index contributed by atoms with van der Waals surface area (Å²) in [6.45, 7) is 0. The maximum atomic E-state index is 12.4. The van der Waals surface area contributed by atoms with Gasteiger partial charge in [0, 0.05) is 23.6 Å². The van der Waals surface area contributed by atoms with Crippen LogP contribution < -0.4 is 4.90 Å². The zero-order chi connectivity index (χ0) is 20.1. The molecule has 0 spiro atoms. The fraction of sp³-hybridized carbons (Fsp3) is 0.0952. The molecule has 0 atom stereocenters. The van der Waals surface area contributed by atoms with Crippen LogP contribution in [0.2, 0.25) is 0 Å². The molecule has 0 amide bonds. The minimum absolute atomic E-state index is 0.0350. The molecule has 142 valence electrons. The number of anilines is 1. The molecule has 0 bridgehead atoms. The number of methoxy groups -OCH3 is 2. The molecule has 0 radical (unpaired) electrons. The fourth-order valence-electron chi connectivity index (χ4n) is 2.76. The van der Waals surface area contributed by atoms with E-state index in [-0.39, 0.29) is 17.0 Å². The maximum Gasteiger partial charge on any atom is 0.355 e. The maximum absolute atomic E-state index is 12.4. The van der Waals surface area contributed by atoms with Crippen molar-refractivity contribution in [2.24, 2.45) is 0 Å². The van der Waals surface area contributed by atoms with E-state index in [4.69, 9.17) is 9.47 Å². The Hall–Kier alpha value is -3.87. The second-order valence-corrected chi connectivity index (χ2v) is 5.73. The summed E-state index contributed by atoms with van der Waals surface area (Å²) in [5.74, 6) is -1.26. The third kappa shape index (κ3) is 3.64. The van der Waals surface area contributed by atoms with Crippen molar-refractivity contribution >= 4 is 17.6 Å². The molecule has 1 aromatic carbocycles. The largest absolute Gasteiger partial charge is 0.506 e. The van der Waals surface area contributed by atoms with E-state index < -0.39 is 11.9 Å². The number of aromatic hydroxyl groups is 1. The summed E-state index contributed by atoms with van der Waals surface area (Å²) in [5.41, 5.74) is 1.87. The van der Waals surface area contributed by atoms with E-state index in [0.717, 1.165) is 0 Å². The number of nitrogens with zero attached hydrogens (tertiary/aromatic N) is 2. The van der Waals surface area contributed by atoms with E-state index >= 15 is 0 Å². The Morgan fingerprint density at radius 1 is 1.00 bits per heavy atom. The number of carbonyl (C=O) groups is 2. The number of benzene rings is 1. The summed E-state index contributed by atoms with van der Waals surface area (Å²) < 4.78 is 9.67. The normalized spacial score (nSPS) is 13.3. The van der Waals surface area contributed by atoms with Gasteiger partial charge in [0.25, 0.3) is 0 Å². The number of carbonyl (C=O) groups excluding carboxylic acids is 2. The molecule has 1 aromatic heterocycles. The van der Waals surface area contributed by atoms with Gasteiger partial charge < -0.3 is 19.5 Å². The van der Waals surface area contributed by atoms with E-state index in [2.05, 4.69) is 4.98 Å². The van der Waals surface area contributed by atoms with E-state index in [1.165, 1.54) is 20.3 Å². The Morgan fingerprint density at radius 3 is 2.36 bits per heavy atom. The highest BCUT2D eigenvalue weighted by molar-refractivity contribution is 6.05. The summed E-state index contributed by atoms with van der Waals surface area (Å²) in [6, 6.07) is 10.2. The van der Waals surface area contributed by atoms with E-state index in [1.54, 1.807) is 65.8 Å². The van der Waals surface area contributed by atoms with Crippen molar-refractivity contribution in [2.75, 3.05) is 19.1 Å². The van der Waals surface area contributed by atoms with Crippen LogP contribution in [0.5, 0.6) is 5.75 Å². The highest BCUT2D eigenvalue weighted by Crippen LogP contribution is 2.31. The molecule has 28 heavy (non-hydrogen) atoms. The number of ether oxygens (including phenoxy) is 2. The monoisotopic (exact) mass is 378 g/mol. The van der Waals surface area contributed by atoms with Crippen LogP contribution in [0.1, 0.15) is 0 Å². The number of esters is 2. The van der Waals surface area contributed by atoms with Gasteiger partial charge in [-0.05, 0) is 36.4 Å². The first-order chi connectivity index (χ1) is 13.6. The molecule has 2 aromatic rings. The van der Waals surface area contributed by atoms with Gasteiger partial charge in [-0.3, -0.25) is 4.98 Å². The third-order valence-electron chi connectivity index (χ3n) is 4.09. The average molecular weight is 378 g/mol. The Kier molecular flexibility index (Phi) is 5.55. The highest BCUT2D eigenvalue weighted by Gasteiger charge is 2.27. The molecule has 0 aliphatic carbocycles. The average Bonchev–Trinajstić information content (AvgIpc) is 2.96. The SMILES string of the molecule is COC(=O)C1=C(C(=O)OC)N(c2ccc(-c3ncccc3O)cc2)C=CC=C1. The van der Waals surface area contributed by atoms with Crippen LogP contribution in [0.3, 0.4) is 0 Å². The number of aromatic nitrogens is 1. The molecule has 7 heteroatoms. The first-order valence-corrected chi connectivity index (χ1v) is 8.36. The van der Waals surface area contributed by atoms with Gasteiger partial charge in [-0.15, -0.1) is 0 Å². The lowest BCUT2D eigenvalue weighted by molar-refractivity contribution is -0.139. The smallest absolute Gasteiger partial charge is 0.355 e. The van der Waals surface area contributed by atoms with Crippen molar-refractivity contribution in [1.82, 2.24) is 4.98 Å². The van der Waals surface area contributed by atoms with Gasteiger partial charge in [-0.2, -0.15) is 0 Å². The van der Waals surface area contributed by atoms with Crippen molar-refractivity contribution in [3.8, 4) is 17.0 Å². The van der Waals surface area contributed by atoms with Crippen LogP contribution in [-0.2, 0) is 19.1 Å². The van der Waals surface area contributed by atoms with Gasteiger partial charge in [0.15, 0.2) is 0 Å². The topological polar surface area (TPSA) is 89.0 Å². The summed E-state index contributed by atoms with van der Waals surface area (Å²) >= 11 is 0. The van der Waals surface area contributed by atoms with Crippen LogP contribution in [0.4, 0.5) is 5.69 Å². The number of hydrogen-bond donors (Lipinski definition) is 1. The van der Waals surface area contributed by atoms with E-state index in [1.807, 2.05) is 0 Å². The number of allylic oxidation sites excluding steroid dienone is 2. The lowest BCUT2D eigenvalue weighted by Crippen LogP contribution is -2.26. The number of rotatable bonds is 4. The predicted molar refractivity (Wildman–Crippen MR) is 103 cm³/mol. The molecular formula is C21H18N2O5. The molecule has 0 fully saturated rings. The van der Waals surface area contributed by atoms with E-state index in [0.29, 0.717) is 16.9 Å². The Balaban J connectivity index is 2.06. The zero-order valence-electron chi connectivity index (χ0n) is 15.3. The van der Waals surface area contributed by atoms with Crippen molar-refractivity contribution < 1.29 is 24.2 Å². The first kappa shape index (κ1) is 18.9. The summed E-state index contributed by atoms with van der Waals surface area (Å²) in [5, 5.41) is 9.98. The molecule has 1 N–H and O–H groups in total. The van der Waals surface area contributed by atoms with E-state index in [9.17, 15) is 14.7 Å². The van der Waals surface area contributed by atoms with Crippen LogP contribution in [0.15, 0.2) is 78.3 Å². The molecule has 0 saturated carbocycles. The molecule has 0 saturated heterocycles. The first-order valence-electron chi connectivity index (χ1n) is 8.36. The number of pyridine rings is 1. The van der Waals surface area contributed by atoms with Crippen molar-refractivity contribution in [1.29, 1.82) is 0 Å². The van der Waals surface area contributed by atoms with Crippen LogP contribution in [-0.4, -0.2) is 36.2 Å². The lowest BCUT2D eigenvalue weighted by Gasteiger charge is -2.23. The number of hydrogen-bond acceptors (Lipinski definition) is 7. The predicted octanol–water partition coefficient (Wildman–Crippen LogP) is 2.94. The van der Waals surface area contributed by atoms with Gasteiger partial charge in [-0.1, -0.05) is 18.2 Å². The van der Waals surface area contributed by atoms with Crippen molar-refractivity contribution in [2.45, 2.75) is 0 Å². The van der Waals surface area contributed by atoms with Crippen LogP contribution >= 0.6 is 0 Å². The second-order valence-electron chi connectivity index (χ2n) is 5.73. The summed E-state index contributed by atoms with van der Waals surface area (Å²) in [4.78, 5) is 30.3. The molecule has 1 aliphatic rings. The van der Waals surface area contributed by atoms with Gasteiger partial charge in [-0.25, -0.2) is 9.59 Å². The molecule has 0 unspecified atom stereocenters. The zero-order valence-corrected chi connectivity index (χ0v) is 15.3. The summed E-state index contributed by atoms with van der Waals surface area (Å²) in [7, 11) is 2.49. The Bertz CT molecular complexity index is 990. The van der Waals surface area contributed by atoms with Crippen LogP contribution in [0.25, 0.3) is 11.3 Å². The second kappa shape index (κ2) is 8.22. The molecule has 2 heterocycles. The third-order valence-corrected chi connectivity index (χ3v) is 4.09. The minimum Gasteiger partial charge on any atom is -0.506 e. The minimum atomic E-state index is -0.678. The van der Waals surface area contributed by atoms with Crippen molar-refractivity contribution in [3.05, 3.63) is 78.3 Å².